The van der Waals surface area contributed by atoms with Gasteiger partial charge in [0.15, 0.2) is 0 Å². The summed E-state index contributed by atoms with van der Waals surface area (Å²) in [6, 6.07) is 13.9. The Morgan fingerprint density at radius 2 is 1.62 bits per heavy atom. The molecule has 1 unspecified atom stereocenters. The molecule has 21 heavy (non-hydrogen) atoms. The van der Waals surface area contributed by atoms with Gasteiger partial charge in [0.05, 0.1) is 0 Å². The van der Waals surface area contributed by atoms with Gasteiger partial charge in [-0.15, -0.1) is 0 Å². The van der Waals surface area contributed by atoms with Crippen LogP contribution in [-0.2, 0) is 12.8 Å². The van der Waals surface area contributed by atoms with Crippen LogP contribution in [0.4, 0.5) is 4.39 Å². The van der Waals surface area contributed by atoms with E-state index in [2.05, 4.69) is 43.4 Å². The highest BCUT2D eigenvalue weighted by atomic mass is 19.1. The van der Waals surface area contributed by atoms with Crippen LogP contribution < -0.4 is 5.32 Å². The minimum atomic E-state index is -0.151. The summed E-state index contributed by atoms with van der Waals surface area (Å²) < 4.78 is 13.5. The second-order valence-electron chi connectivity index (χ2n) is 5.66. The molecule has 0 bridgehead atoms. The van der Waals surface area contributed by atoms with Crippen LogP contribution in [0.1, 0.15) is 29.2 Å². The molecule has 2 heteroatoms. The summed E-state index contributed by atoms with van der Waals surface area (Å²) in [7, 11) is 0. The van der Waals surface area contributed by atoms with E-state index in [1.165, 1.54) is 17.2 Å². The first kappa shape index (κ1) is 15.7. The fourth-order valence-corrected chi connectivity index (χ4v) is 2.74. The SMILES string of the molecule is CCNC(Cc1ccccc1C)Cc1cc(F)ccc1C. The Bertz CT molecular complexity index is 592. The first-order chi connectivity index (χ1) is 10.1. The van der Waals surface area contributed by atoms with E-state index in [-0.39, 0.29) is 5.82 Å². The molecule has 2 aromatic rings. The van der Waals surface area contributed by atoms with Gasteiger partial charge < -0.3 is 5.32 Å². The molecule has 0 fully saturated rings. The summed E-state index contributed by atoms with van der Waals surface area (Å²) in [6.45, 7) is 7.23. The van der Waals surface area contributed by atoms with Gasteiger partial charge in [-0.1, -0.05) is 37.3 Å². The van der Waals surface area contributed by atoms with Gasteiger partial charge in [-0.25, -0.2) is 4.39 Å². The van der Waals surface area contributed by atoms with Gasteiger partial charge in [0.2, 0.25) is 0 Å². The zero-order chi connectivity index (χ0) is 15.2. The molecule has 0 heterocycles. The van der Waals surface area contributed by atoms with E-state index in [4.69, 9.17) is 0 Å². The Labute approximate surface area is 127 Å². The molecule has 2 aromatic carbocycles. The smallest absolute Gasteiger partial charge is 0.123 e. The molecule has 0 saturated carbocycles. The number of halogens is 1. The third kappa shape index (κ3) is 4.40. The van der Waals surface area contributed by atoms with Crippen molar-refractivity contribution >= 4 is 0 Å². The van der Waals surface area contributed by atoms with Crippen molar-refractivity contribution in [2.45, 2.75) is 39.7 Å². The van der Waals surface area contributed by atoms with Crippen LogP contribution in [0.15, 0.2) is 42.5 Å². The molecule has 0 spiro atoms. The van der Waals surface area contributed by atoms with Crippen LogP contribution in [0.2, 0.25) is 0 Å². The molecule has 0 aliphatic carbocycles. The van der Waals surface area contributed by atoms with Crippen molar-refractivity contribution in [1.29, 1.82) is 0 Å². The maximum absolute atomic E-state index is 13.5. The molecular formula is C19H24FN. The quantitative estimate of drug-likeness (QED) is 0.838. The van der Waals surface area contributed by atoms with Gasteiger partial charge >= 0.3 is 0 Å². The lowest BCUT2D eigenvalue weighted by atomic mass is 9.94. The number of nitrogens with one attached hydrogen (secondary N) is 1. The summed E-state index contributed by atoms with van der Waals surface area (Å²) in [5.41, 5.74) is 4.92. The molecule has 1 nitrogen and oxygen atoms in total. The average molecular weight is 285 g/mol. The summed E-state index contributed by atoms with van der Waals surface area (Å²) in [4.78, 5) is 0. The fraction of sp³-hybridized carbons (Fsp3) is 0.368. The first-order valence-corrected chi connectivity index (χ1v) is 7.63. The Balaban J connectivity index is 2.16. The lowest BCUT2D eigenvalue weighted by Crippen LogP contribution is -2.33. The summed E-state index contributed by atoms with van der Waals surface area (Å²) >= 11 is 0. The number of rotatable bonds is 6. The highest BCUT2D eigenvalue weighted by Gasteiger charge is 2.12. The normalized spacial score (nSPS) is 12.4. The summed E-state index contributed by atoms with van der Waals surface area (Å²) in [5.74, 6) is -0.151. The van der Waals surface area contributed by atoms with Gasteiger partial charge in [-0.05, 0) is 67.6 Å². The monoisotopic (exact) mass is 285 g/mol. The maximum Gasteiger partial charge on any atom is 0.123 e. The Morgan fingerprint density at radius 1 is 0.952 bits per heavy atom. The third-order valence-electron chi connectivity index (χ3n) is 4.00. The number of aryl methyl sites for hydroxylation is 2. The molecule has 0 radical (unpaired) electrons. The Hall–Kier alpha value is -1.67. The fourth-order valence-electron chi connectivity index (χ4n) is 2.74. The molecule has 1 N–H and O–H groups in total. The zero-order valence-corrected chi connectivity index (χ0v) is 13.1. The number of likely N-dealkylation sites (N-methyl/N-ethyl adjacent to an activating group) is 1. The van der Waals surface area contributed by atoms with Gasteiger partial charge in [0.25, 0.3) is 0 Å². The molecule has 2 rings (SSSR count). The van der Waals surface area contributed by atoms with Crippen molar-refractivity contribution in [3.8, 4) is 0 Å². The van der Waals surface area contributed by atoms with Crippen molar-refractivity contribution in [3.63, 3.8) is 0 Å². The lowest BCUT2D eigenvalue weighted by Gasteiger charge is -2.20. The van der Waals surface area contributed by atoms with Crippen LogP contribution >= 0.6 is 0 Å². The highest BCUT2D eigenvalue weighted by Crippen LogP contribution is 2.16. The number of hydrogen-bond donors (Lipinski definition) is 1. The minimum absolute atomic E-state index is 0.151. The zero-order valence-electron chi connectivity index (χ0n) is 13.1. The van der Waals surface area contributed by atoms with E-state index in [0.717, 1.165) is 30.5 Å². The molecular weight excluding hydrogens is 261 g/mol. The van der Waals surface area contributed by atoms with Gasteiger partial charge in [-0.2, -0.15) is 0 Å². The number of benzene rings is 2. The van der Waals surface area contributed by atoms with Crippen molar-refractivity contribution in [3.05, 3.63) is 70.5 Å². The second kappa shape index (κ2) is 7.37. The van der Waals surface area contributed by atoms with Crippen molar-refractivity contribution in [1.82, 2.24) is 5.32 Å². The predicted molar refractivity (Wildman–Crippen MR) is 87.2 cm³/mol. The predicted octanol–water partition coefficient (Wildman–Crippen LogP) is 4.21. The minimum Gasteiger partial charge on any atom is -0.314 e. The topological polar surface area (TPSA) is 12.0 Å². The van der Waals surface area contributed by atoms with Crippen molar-refractivity contribution in [2.75, 3.05) is 6.54 Å². The van der Waals surface area contributed by atoms with Gasteiger partial charge in [0, 0.05) is 6.04 Å². The molecule has 0 aliphatic heterocycles. The largest absolute Gasteiger partial charge is 0.314 e. The van der Waals surface area contributed by atoms with E-state index >= 15 is 0 Å². The molecule has 112 valence electrons. The Kier molecular flexibility index (Phi) is 5.51. The maximum atomic E-state index is 13.5. The molecule has 0 amide bonds. The average Bonchev–Trinajstić information content (AvgIpc) is 2.45. The van der Waals surface area contributed by atoms with Crippen LogP contribution in [0.25, 0.3) is 0 Å². The van der Waals surface area contributed by atoms with Crippen molar-refractivity contribution in [2.24, 2.45) is 0 Å². The van der Waals surface area contributed by atoms with E-state index in [1.54, 1.807) is 6.07 Å². The highest BCUT2D eigenvalue weighted by molar-refractivity contribution is 5.30. The Morgan fingerprint density at radius 3 is 2.33 bits per heavy atom. The van der Waals surface area contributed by atoms with Crippen LogP contribution in [0.5, 0.6) is 0 Å². The molecule has 0 saturated heterocycles. The van der Waals surface area contributed by atoms with Gasteiger partial charge in [-0.3, -0.25) is 0 Å². The number of hydrogen-bond acceptors (Lipinski definition) is 1. The van der Waals surface area contributed by atoms with Crippen LogP contribution in [0.3, 0.4) is 0 Å². The van der Waals surface area contributed by atoms with E-state index < -0.39 is 0 Å². The summed E-state index contributed by atoms with van der Waals surface area (Å²) in [5, 5.41) is 3.53. The van der Waals surface area contributed by atoms with E-state index in [1.807, 2.05) is 13.0 Å². The van der Waals surface area contributed by atoms with Gasteiger partial charge in [0.1, 0.15) is 5.82 Å². The first-order valence-electron chi connectivity index (χ1n) is 7.63. The molecule has 1 atom stereocenters. The van der Waals surface area contributed by atoms with Crippen molar-refractivity contribution < 1.29 is 4.39 Å². The molecule has 0 aliphatic rings. The molecule has 0 aromatic heterocycles. The van der Waals surface area contributed by atoms with Crippen LogP contribution in [0, 0.1) is 19.7 Å². The summed E-state index contributed by atoms with van der Waals surface area (Å²) in [6.07, 6.45) is 1.82. The van der Waals surface area contributed by atoms with E-state index in [9.17, 15) is 4.39 Å². The lowest BCUT2D eigenvalue weighted by molar-refractivity contribution is 0.517. The van der Waals surface area contributed by atoms with Crippen LogP contribution in [-0.4, -0.2) is 12.6 Å². The standard InChI is InChI=1S/C19H24FN/c1-4-21-19(12-16-8-6-5-7-14(16)2)13-17-11-18(20)10-9-15(17)3/h5-11,19,21H,4,12-13H2,1-3H3. The second-order valence-corrected chi connectivity index (χ2v) is 5.66. The van der Waals surface area contributed by atoms with E-state index in [0.29, 0.717) is 6.04 Å². The third-order valence-corrected chi connectivity index (χ3v) is 4.00.